The van der Waals surface area contributed by atoms with Crippen LogP contribution in [-0.2, 0) is 6.54 Å². The Morgan fingerprint density at radius 3 is 2.63 bits per heavy atom. The van der Waals surface area contributed by atoms with Gasteiger partial charge in [-0.25, -0.2) is 14.5 Å². The lowest BCUT2D eigenvalue weighted by Gasteiger charge is -2.10. The largest absolute Gasteiger partial charge is 0.336 e. The Balaban J connectivity index is 1.63. The van der Waals surface area contributed by atoms with E-state index in [2.05, 4.69) is 20.7 Å². The Hall–Kier alpha value is -3.00. The van der Waals surface area contributed by atoms with Crippen molar-refractivity contribution in [1.29, 1.82) is 0 Å². The number of benzene rings is 1. The molecular weight excluding hydrogens is 362 g/mol. The van der Waals surface area contributed by atoms with E-state index >= 15 is 0 Å². The number of nitrogens with one attached hydrogen (secondary N) is 2. The molecule has 2 heterocycles. The fourth-order valence-corrected chi connectivity index (χ4v) is 3.54. The number of aryl methyl sites for hydroxylation is 3. The van der Waals surface area contributed by atoms with Gasteiger partial charge in [0.05, 0.1) is 22.1 Å². The number of aromatic nitrogens is 3. The molecule has 140 valence electrons. The third kappa shape index (κ3) is 4.59. The summed E-state index contributed by atoms with van der Waals surface area (Å²) in [6.45, 7) is 6.36. The molecule has 0 radical (unpaired) electrons. The molecular formula is C19H21N5O2S. The smallest absolute Gasteiger partial charge is 0.319 e. The van der Waals surface area contributed by atoms with Gasteiger partial charge in [0.2, 0.25) is 0 Å². The molecule has 7 nitrogen and oxygen atoms in total. The lowest BCUT2D eigenvalue weighted by Crippen LogP contribution is -2.34. The van der Waals surface area contributed by atoms with Crippen LogP contribution >= 0.6 is 11.3 Å². The zero-order valence-corrected chi connectivity index (χ0v) is 16.3. The minimum Gasteiger partial charge on any atom is -0.336 e. The number of amides is 2. The van der Waals surface area contributed by atoms with Crippen LogP contribution in [0.5, 0.6) is 0 Å². The number of carbonyl (C=O) groups is 1. The molecule has 0 unspecified atom stereocenters. The van der Waals surface area contributed by atoms with Gasteiger partial charge < -0.3 is 10.6 Å². The Labute approximate surface area is 161 Å². The van der Waals surface area contributed by atoms with Crippen molar-refractivity contribution in [3.05, 3.63) is 63.0 Å². The maximum absolute atomic E-state index is 12.1. The van der Waals surface area contributed by atoms with Crippen LogP contribution in [-0.4, -0.2) is 27.3 Å². The van der Waals surface area contributed by atoms with E-state index in [1.54, 1.807) is 17.4 Å². The van der Waals surface area contributed by atoms with Gasteiger partial charge >= 0.3 is 6.03 Å². The normalized spacial score (nSPS) is 10.6. The Bertz CT molecular complexity index is 1020. The number of carbonyl (C=O) groups excluding carboxylic acids is 1. The highest BCUT2D eigenvalue weighted by Crippen LogP contribution is 2.27. The Kier molecular flexibility index (Phi) is 5.66. The summed E-state index contributed by atoms with van der Waals surface area (Å²) >= 11 is 1.54. The molecule has 3 rings (SSSR count). The summed E-state index contributed by atoms with van der Waals surface area (Å²) in [5.74, 6) is 0. The van der Waals surface area contributed by atoms with Crippen LogP contribution in [0.3, 0.4) is 0 Å². The summed E-state index contributed by atoms with van der Waals surface area (Å²) in [5, 5.41) is 10.9. The highest BCUT2D eigenvalue weighted by Gasteiger charge is 2.11. The van der Waals surface area contributed by atoms with E-state index in [4.69, 9.17) is 0 Å². The second kappa shape index (κ2) is 8.13. The van der Waals surface area contributed by atoms with E-state index in [0.29, 0.717) is 5.69 Å². The fourth-order valence-electron chi connectivity index (χ4n) is 2.65. The van der Waals surface area contributed by atoms with Crippen molar-refractivity contribution in [2.75, 3.05) is 11.9 Å². The zero-order chi connectivity index (χ0) is 19.4. The van der Waals surface area contributed by atoms with Crippen LogP contribution < -0.4 is 16.2 Å². The average Bonchev–Trinajstić information content (AvgIpc) is 2.97. The second-order valence-corrected chi connectivity index (χ2v) is 7.33. The summed E-state index contributed by atoms with van der Waals surface area (Å²) in [6, 6.07) is 10.4. The Morgan fingerprint density at radius 1 is 1.15 bits per heavy atom. The van der Waals surface area contributed by atoms with E-state index in [1.807, 2.05) is 45.0 Å². The van der Waals surface area contributed by atoms with Crippen LogP contribution in [0, 0.1) is 20.8 Å². The zero-order valence-electron chi connectivity index (χ0n) is 15.4. The first-order valence-electron chi connectivity index (χ1n) is 8.57. The minimum absolute atomic E-state index is 0.209. The molecule has 0 saturated carbocycles. The first-order chi connectivity index (χ1) is 12.9. The lowest BCUT2D eigenvalue weighted by molar-refractivity contribution is 0.251. The van der Waals surface area contributed by atoms with Crippen LogP contribution in [0.2, 0.25) is 0 Å². The SMILES string of the molecule is Cc1nc(C)c(-c2ccc(=O)n(CCNC(=O)Nc3ccccc3C)n2)s1. The van der Waals surface area contributed by atoms with Crippen LogP contribution in [0.15, 0.2) is 41.2 Å². The highest BCUT2D eigenvalue weighted by molar-refractivity contribution is 7.15. The van der Waals surface area contributed by atoms with E-state index in [-0.39, 0.29) is 24.7 Å². The molecule has 3 aromatic rings. The molecule has 0 aliphatic carbocycles. The third-order valence-electron chi connectivity index (χ3n) is 4.01. The van der Waals surface area contributed by atoms with Crippen molar-refractivity contribution >= 4 is 23.1 Å². The van der Waals surface area contributed by atoms with Crippen LogP contribution in [0.4, 0.5) is 10.5 Å². The number of rotatable bonds is 5. The molecule has 0 spiro atoms. The maximum Gasteiger partial charge on any atom is 0.319 e. The van der Waals surface area contributed by atoms with E-state index < -0.39 is 0 Å². The number of anilines is 1. The predicted octanol–water partition coefficient (Wildman–Crippen LogP) is 3.11. The molecule has 2 N–H and O–H groups in total. The number of hydrogen-bond donors (Lipinski definition) is 2. The van der Waals surface area contributed by atoms with Gasteiger partial charge in [0.15, 0.2) is 0 Å². The lowest BCUT2D eigenvalue weighted by atomic mass is 10.2. The number of urea groups is 1. The maximum atomic E-state index is 12.1. The first kappa shape index (κ1) is 18.8. The minimum atomic E-state index is -0.317. The number of thiazole rings is 1. The van der Waals surface area contributed by atoms with Gasteiger partial charge in [0.1, 0.15) is 5.69 Å². The molecule has 0 aliphatic heterocycles. The van der Waals surface area contributed by atoms with Crippen molar-refractivity contribution < 1.29 is 4.79 Å². The van der Waals surface area contributed by atoms with Gasteiger partial charge in [0.25, 0.3) is 5.56 Å². The fraction of sp³-hybridized carbons (Fsp3) is 0.263. The van der Waals surface area contributed by atoms with Crippen LogP contribution in [0.25, 0.3) is 10.6 Å². The quantitative estimate of drug-likeness (QED) is 0.708. The van der Waals surface area contributed by atoms with Gasteiger partial charge in [-0.1, -0.05) is 18.2 Å². The van der Waals surface area contributed by atoms with Crippen molar-refractivity contribution in [1.82, 2.24) is 20.1 Å². The van der Waals surface area contributed by atoms with E-state index in [0.717, 1.165) is 26.8 Å². The number of nitrogens with zero attached hydrogens (tertiary/aromatic N) is 3. The van der Waals surface area contributed by atoms with Gasteiger partial charge in [-0.2, -0.15) is 5.10 Å². The number of hydrogen-bond acceptors (Lipinski definition) is 5. The molecule has 0 fully saturated rings. The molecule has 2 aromatic heterocycles. The van der Waals surface area contributed by atoms with Crippen molar-refractivity contribution in [2.45, 2.75) is 27.3 Å². The molecule has 27 heavy (non-hydrogen) atoms. The average molecular weight is 383 g/mol. The van der Waals surface area contributed by atoms with Crippen molar-refractivity contribution in [3.63, 3.8) is 0 Å². The Morgan fingerprint density at radius 2 is 1.93 bits per heavy atom. The van der Waals surface area contributed by atoms with Crippen molar-refractivity contribution in [2.24, 2.45) is 0 Å². The molecule has 0 bridgehead atoms. The van der Waals surface area contributed by atoms with Crippen molar-refractivity contribution in [3.8, 4) is 10.6 Å². The third-order valence-corrected chi connectivity index (χ3v) is 5.10. The molecule has 1 aromatic carbocycles. The summed E-state index contributed by atoms with van der Waals surface area (Å²) in [4.78, 5) is 29.5. The van der Waals surface area contributed by atoms with Gasteiger partial charge in [-0.3, -0.25) is 4.79 Å². The van der Waals surface area contributed by atoms with Gasteiger partial charge in [-0.15, -0.1) is 11.3 Å². The number of para-hydroxylation sites is 1. The van der Waals surface area contributed by atoms with Crippen LogP contribution in [0.1, 0.15) is 16.3 Å². The van der Waals surface area contributed by atoms with Gasteiger partial charge in [-0.05, 0) is 38.5 Å². The van der Waals surface area contributed by atoms with E-state index in [9.17, 15) is 9.59 Å². The summed E-state index contributed by atoms with van der Waals surface area (Å²) in [7, 11) is 0. The second-order valence-electron chi connectivity index (χ2n) is 6.12. The first-order valence-corrected chi connectivity index (χ1v) is 9.39. The summed E-state index contributed by atoms with van der Waals surface area (Å²) in [6.07, 6.45) is 0. The molecule has 0 saturated heterocycles. The summed E-state index contributed by atoms with van der Waals surface area (Å²) in [5.41, 5.74) is 3.13. The monoisotopic (exact) mass is 383 g/mol. The molecule has 0 atom stereocenters. The van der Waals surface area contributed by atoms with E-state index in [1.165, 1.54) is 10.7 Å². The topological polar surface area (TPSA) is 88.9 Å². The molecule has 2 amide bonds. The summed E-state index contributed by atoms with van der Waals surface area (Å²) < 4.78 is 1.36. The molecule has 0 aliphatic rings. The molecule has 8 heteroatoms. The highest BCUT2D eigenvalue weighted by atomic mass is 32.1. The van der Waals surface area contributed by atoms with Gasteiger partial charge in [0, 0.05) is 18.3 Å². The predicted molar refractivity (Wildman–Crippen MR) is 107 cm³/mol. The standard InChI is InChI=1S/C19H21N5O2S/c1-12-6-4-5-7-15(12)22-19(26)20-10-11-24-17(25)9-8-16(23-24)18-13(2)21-14(3)27-18/h4-9H,10-11H2,1-3H3,(H2,20,22,26).